The van der Waals surface area contributed by atoms with E-state index in [0.29, 0.717) is 4.88 Å². The summed E-state index contributed by atoms with van der Waals surface area (Å²) in [7, 11) is -1.41. The largest absolute Gasteiger partial charge is 0.385 e. The molecule has 2 aliphatic rings. The van der Waals surface area contributed by atoms with Crippen LogP contribution < -0.4 is 10.5 Å². The van der Waals surface area contributed by atoms with Crippen molar-refractivity contribution in [2.75, 3.05) is 5.32 Å². The van der Waals surface area contributed by atoms with E-state index in [4.69, 9.17) is 5.14 Å². The van der Waals surface area contributed by atoms with Crippen LogP contribution in [-0.2, 0) is 42.2 Å². The molecule has 5 nitrogen and oxygen atoms in total. The summed E-state index contributed by atoms with van der Waals surface area (Å²) >= 11 is 1.05. The first kappa shape index (κ1) is 19.7. The van der Waals surface area contributed by atoms with Crippen molar-refractivity contribution in [2.45, 2.75) is 62.2 Å². The third-order valence-electron chi connectivity index (χ3n) is 5.33. The van der Waals surface area contributed by atoms with E-state index in [1.54, 1.807) is 13.8 Å². The maximum absolute atomic E-state index is 14.3. The van der Waals surface area contributed by atoms with E-state index >= 15 is 0 Å². The molecule has 2 aromatic rings. The second-order valence-electron chi connectivity index (χ2n) is 7.88. The van der Waals surface area contributed by atoms with E-state index < -0.39 is 28.3 Å². The van der Waals surface area contributed by atoms with Gasteiger partial charge < -0.3 is 10.4 Å². The summed E-state index contributed by atoms with van der Waals surface area (Å²) in [5.41, 5.74) is 4.81. The SMILES string of the molecule is CC(C)(O)c1cc(F)c(/S(N)=N/C(=O)Nc2c3c(cc4c2CCC4)CCC3)s1. The van der Waals surface area contributed by atoms with Gasteiger partial charge in [0.2, 0.25) is 0 Å². The Morgan fingerprint density at radius 2 is 1.82 bits per heavy atom. The lowest BCUT2D eigenvalue weighted by Gasteiger charge is -2.15. The van der Waals surface area contributed by atoms with Crippen molar-refractivity contribution in [1.82, 2.24) is 0 Å². The van der Waals surface area contributed by atoms with Gasteiger partial charge in [0.05, 0.1) is 5.60 Å². The zero-order valence-corrected chi connectivity index (χ0v) is 17.6. The molecule has 0 fully saturated rings. The van der Waals surface area contributed by atoms with Crippen LogP contribution in [0.15, 0.2) is 20.7 Å². The molecule has 4 rings (SSSR count). The van der Waals surface area contributed by atoms with Gasteiger partial charge in [0.25, 0.3) is 0 Å². The number of anilines is 1. The molecule has 1 atom stereocenters. The second-order valence-corrected chi connectivity index (χ2v) is 10.4. The van der Waals surface area contributed by atoms with Crippen LogP contribution in [0.2, 0.25) is 0 Å². The number of halogens is 1. The Morgan fingerprint density at radius 3 is 2.36 bits per heavy atom. The van der Waals surface area contributed by atoms with Crippen LogP contribution in [0.25, 0.3) is 0 Å². The van der Waals surface area contributed by atoms with Gasteiger partial charge in [0, 0.05) is 21.4 Å². The van der Waals surface area contributed by atoms with Gasteiger partial charge in [-0.25, -0.2) is 9.18 Å². The first-order valence-electron chi connectivity index (χ1n) is 9.44. The number of amides is 2. The smallest absolute Gasteiger partial charge is 0.352 e. The third kappa shape index (κ3) is 3.66. The fourth-order valence-electron chi connectivity index (χ4n) is 4.02. The van der Waals surface area contributed by atoms with Crippen molar-refractivity contribution in [1.29, 1.82) is 0 Å². The number of nitrogens with two attached hydrogens (primary N) is 1. The Morgan fingerprint density at radius 1 is 1.21 bits per heavy atom. The minimum absolute atomic E-state index is 0.177. The zero-order valence-electron chi connectivity index (χ0n) is 16.0. The molecule has 0 bridgehead atoms. The number of aryl methyl sites for hydroxylation is 2. The number of fused-ring (bicyclic) bond motifs is 2. The monoisotopic (exact) mass is 421 g/mol. The predicted molar refractivity (Wildman–Crippen MR) is 111 cm³/mol. The molecule has 1 aromatic carbocycles. The van der Waals surface area contributed by atoms with Crippen LogP contribution in [0.4, 0.5) is 14.9 Å². The number of urea groups is 1. The molecule has 0 radical (unpaired) electrons. The highest BCUT2D eigenvalue weighted by Crippen LogP contribution is 2.39. The van der Waals surface area contributed by atoms with Crippen molar-refractivity contribution in [3.8, 4) is 0 Å². The number of hydrogen-bond acceptors (Lipinski definition) is 3. The molecule has 4 N–H and O–H groups in total. The average Bonchev–Trinajstić information content (AvgIpc) is 3.32. The number of aliphatic hydroxyl groups is 1. The molecule has 28 heavy (non-hydrogen) atoms. The lowest BCUT2D eigenvalue weighted by atomic mass is 9.99. The highest BCUT2D eigenvalue weighted by Gasteiger charge is 2.26. The molecule has 8 heteroatoms. The molecule has 2 amide bonds. The van der Waals surface area contributed by atoms with Crippen LogP contribution in [0.3, 0.4) is 0 Å². The molecule has 0 saturated heterocycles. The van der Waals surface area contributed by atoms with Gasteiger partial charge in [-0.3, -0.25) is 5.14 Å². The number of rotatable bonds is 3. The van der Waals surface area contributed by atoms with Gasteiger partial charge in [-0.05, 0) is 80.7 Å². The minimum Gasteiger partial charge on any atom is -0.385 e. The Labute approximate surface area is 170 Å². The van der Waals surface area contributed by atoms with Gasteiger partial charge >= 0.3 is 6.03 Å². The van der Waals surface area contributed by atoms with E-state index in [-0.39, 0.29) is 4.21 Å². The lowest BCUT2D eigenvalue weighted by Crippen LogP contribution is -2.14. The van der Waals surface area contributed by atoms with Crippen LogP contribution in [0, 0.1) is 5.82 Å². The Kier molecular flexibility index (Phi) is 5.16. The molecular formula is C20H24FN3O2S2. The van der Waals surface area contributed by atoms with E-state index in [0.717, 1.165) is 55.5 Å². The van der Waals surface area contributed by atoms with Gasteiger partial charge in [0.1, 0.15) is 10.0 Å². The first-order valence-corrected chi connectivity index (χ1v) is 11.5. The summed E-state index contributed by atoms with van der Waals surface area (Å²) in [6.45, 7) is 3.16. The van der Waals surface area contributed by atoms with Gasteiger partial charge in [-0.1, -0.05) is 6.07 Å². The second kappa shape index (κ2) is 7.33. The molecule has 1 heterocycles. The number of carbonyl (C=O) groups is 1. The third-order valence-corrected chi connectivity index (χ3v) is 8.25. The van der Waals surface area contributed by atoms with Gasteiger partial charge in [-0.15, -0.1) is 11.3 Å². The number of benzene rings is 1. The van der Waals surface area contributed by atoms with Crippen LogP contribution in [-0.4, -0.2) is 11.1 Å². The predicted octanol–water partition coefficient (Wildman–Crippen LogP) is 4.36. The van der Waals surface area contributed by atoms with E-state index in [1.807, 2.05) is 0 Å². The molecule has 150 valence electrons. The molecule has 0 spiro atoms. The van der Waals surface area contributed by atoms with Crippen molar-refractivity contribution in [2.24, 2.45) is 9.50 Å². The average molecular weight is 422 g/mol. The van der Waals surface area contributed by atoms with Crippen LogP contribution in [0.1, 0.15) is 53.8 Å². The minimum atomic E-state index is -1.41. The first-order chi connectivity index (χ1) is 13.2. The van der Waals surface area contributed by atoms with E-state index in [1.165, 1.54) is 28.3 Å². The Balaban J connectivity index is 1.61. The van der Waals surface area contributed by atoms with Crippen LogP contribution in [0.5, 0.6) is 0 Å². The summed E-state index contributed by atoms with van der Waals surface area (Å²) < 4.78 is 18.4. The number of carbonyl (C=O) groups excluding carboxylic acids is 1. The van der Waals surface area contributed by atoms with Crippen LogP contribution >= 0.6 is 11.3 Å². The molecule has 0 saturated carbocycles. The standard InChI is InChI=1S/C20H24FN3O2S2/c1-20(2,26)16-10-15(21)18(27-16)28(22)24-19(25)23-17-13-7-3-5-11(13)9-12-6-4-8-14(12)17/h9-10,26H,3-8H2,1-2H3,(H3,22,23,24,25). The topological polar surface area (TPSA) is 87.7 Å². The van der Waals surface area contributed by atoms with Gasteiger partial charge in [0.15, 0.2) is 0 Å². The number of nitrogens with zero attached hydrogens (tertiary/aromatic N) is 1. The fraction of sp³-hybridized carbons (Fsp3) is 0.450. The van der Waals surface area contributed by atoms with Crippen molar-refractivity contribution < 1.29 is 14.3 Å². The van der Waals surface area contributed by atoms with Crippen molar-refractivity contribution >= 4 is 33.9 Å². The molecule has 2 aliphatic carbocycles. The zero-order chi connectivity index (χ0) is 20.1. The van der Waals surface area contributed by atoms with E-state index in [9.17, 15) is 14.3 Å². The highest BCUT2D eigenvalue weighted by atomic mass is 32.2. The normalized spacial score (nSPS) is 16.9. The fourth-order valence-corrected chi connectivity index (χ4v) is 6.08. The quantitative estimate of drug-likeness (QED) is 0.688. The van der Waals surface area contributed by atoms with Gasteiger partial charge in [-0.2, -0.15) is 4.36 Å². The molecule has 0 aliphatic heterocycles. The summed E-state index contributed by atoms with van der Waals surface area (Å²) in [6.07, 6.45) is 6.20. The Bertz CT molecular complexity index is 960. The lowest BCUT2D eigenvalue weighted by molar-refractivity contribution is 0.0823. The number of nitrogens with one attached hydrogen (secondary N) is 1. The van der Waals surface area contributed by atoms with E-state index in [2.05, 4.69) is 15.7 Å². The summed E-state index contributed by atoms with van der Waals surface area (Å²) in [6, 6.07) is 3.01. The summed E-state index contributed by atoms with van der Waals surface area (Å²) in [5, 5.41) is 19.0. The molecule has 1 unspecified atom stereocenters. The maximum Gasteiger partial charge on any atom is 0.352 e. The maximum atomic E-state index is 14.3. The number of hydrogen-bond donors (Lipinski definition) is 3. The number of thiophene rings is 1. The summed E-state index contributed by atoms with van der Waals surface area (Å²) in [4.78, 5) is 13.0. The summed E-state index contributed by atoms with van der Waals surface area (Å²) in [5.74, 6) is -0.536. The molecular weight excluding hydrogens is 397 g/mol. The van der Waals surface area contributed by atoms with Crippen molar-refractivity contribution in [3.05, 3.63) is 45.1 Å². The Hall–Kier alpha value is -1.61. The molecule has 1 aromatic heterocycles. The highest BCUT2D eigenvalue weighted by molar-refractivity contribution is 7.87. The van der Waals surface area contributed by atoms with Crippen molar-refractivity contribution in [3.63, 3.8) is 0 Å².